The van der Waals surface area contributed by atoms with E-state index in [1.54, 1.807) is 43.7 Å². The van der Waals surface area contributed by atoms with Crippen molar-refractivity contribution >= 4 is 23.2 Å². The highest BCUT2D eigenvalue weighted by atomic mass is 35.5. The number of carbonyl (C=O) groups is 1. The molecule has 0 saturated heterocycles. The Kier molecular flexibility index (Phi) is 4.69. The molecule has 0 radical (unpaired) electrons. The van der Waals surface area contributed by atoms with Crippen LogP contribution >= 0.6 is 11.6 Å². The molecule has 0 bridgehead atoms. The van der Waals surface area contributed by atoms with Gasteiger partial charge in [-0.15, -0.1) is 0 Å². The van der Waals surface area contributed by atoms with Gasteiger partial charge >= 0.3 is 0 Å². The number of benzene rings is 2. The Balaban J connectivity index is 1.72. The zero-order valence-corrected chi connectivity index (χ0v) is 15.4. The van der Waals surface area contributed by atoms with Gasteiger partial charge in [-0.3, -0.25) is 4.79 Å². The van der Waals surface area contributed by atoms with Gasteiger partial charge in [-0.25, -0.2) is 5.01 Å². The number of furan rings is 1. The van der Waals surface area contributed by atoms with E-state index in [0.717, 1.165) is 17.0 Å². The average molecular weight is 381 g/mol. The Labute approximate surface area is 161 Å². The highest BCUT2D eigenvalue weighted by Crippen LogP contribution is 2.34. The van der Waals surface area contributed by atoms with Crippen LogP contribution in [0.3, 0.4) is 0 Å². The second kappa shape index (κ2) is 7.29. The molecular formula is C21H17ClN2O3. The molecule has 5 nitrogen and oxygen atoms in total. The van der Waals surface area contributed by atoms with E-state index in [0.29, 0.717) is 22.8 Å². The Morgan fingerprint density at radius 1 is 1.19 bits per heavy atom. The first-order chi connectivity index (χ1) is 13.2. The third-order valence-electron chi connectivity index (χ3n) is 4.46. The van der Waals surface area contributed by atoms with E-state index < -0.39 is 0 Å². The summed E-state index contributed by atoms with van der Waals surface area (Å²) in [6.07, 6.45) is 2.15. The predicted octanol–water partition coefficient (Wildman–Crippen LogP) is 4.93. The van der Waals surface area contributed by atoms with Crippen molar-refractivity contribution in [2.75, 3.05) is 7.11 Å². The third kappa shape index (κ3) is 3.46. The molecule has 6 heteroatoms. The van der Waals surface area contributed by atoms with Crippen LogP contribution in [0.25, 0.3) is 0 Å². The van der Waals surface area contributed by atoms with Crippen molar-refractivity contribution in [3.8, 4) is 5.75 Å². The predicted molar refractivity (Wildman–Crippen MR) is 103 cm³/mol. The Bertz CT molecular complexity index is 998. The summed E-state index contributed by atoms with van der Waals surface area (Å²) in [4.78, 5) is 13.1. The van der Waals surface area contributed by atoms with Gasteiger partial charge in [0.15, 0.2) is 0 Å². The first-order valence-corrected chi connectivity index (χ1v) is 8.88. The first kappa shape index (κ1) is 17.4. The molecule has 136 valence electrons. The number of nitrogens with zero attached hydrogens (tertiary/aromatic N) is 2. The van der Waals surface area contributed by atoms with Gasteiger partial charge in [0.05, 0.1) is 19.1 Å². The van der Waals surface area contributed by atoms with Crippen LogP contribution in [-0.2, 0) is 0 Å². The molecule has 3 aromatic rings. The molecular weight excluding hydrogens is 364 g/mol. The molecule has 2 aromatic carbocycles. The summed E-state index contributed by atoms with van der Waals surface area (Å²) >= 11 is 6.05. The summed E-state index contributed by atoms with van der Waals surface area (Å²) < 4.78 is 10.9. The lowest BCUT2D eigenvalue weighted by Gasteiger charge is -2.20. The summed E-state index contributed by atoms with van der Waals surface area (Å²) in [5, 5.41) is 6.60. The lowest BCUT2D eigenvalue weighted by atomic mass is 10.0. The zero-order chi connectivity index (χ0) is 18.8. The minimum Gasteiger partial charge on any atom is -0.497 e. The van der Waals surface area contributed by atoms with Gasteiger partial charge in [0.1, 0.15) is 17.6 Å². The van der Waals surface area contributed by atoms with Gasteiger partial charge in [-0.1, -0.05) is 29.8 Å². The maximum atomic E-state index is 13.1. The molecule has 1 aromatic heterocycles. The second-order valence-corrected chi connectivity index (χ2v) is 6.61. The Hall–Kier alpha value is -3.05. The lowest BCUT2D eigenvalue weighted by Crippen LogP contribution is -2.26. The van der Waals surface area contributed by atoms with Crippen LogP contribution < -0.4 is 4.74 Å². The van der Waals surface area contributed by atoms with E-state index in [1.165, 1.54) is 5.01 Å². The van der Waals surface area contributed by atoms with E-state index in [9.17, 15) is 4.79 Å². The van der Waals surface area contributed by atoms with Crippen molar-refractivity contribution in [3.63, 3.8) is 0 Å². The fraction of sp³-hybridized carbons (Fsp3) is 0.143. The van der Waals surface area contributed by atoms with Crippen molar-refractivity contribution in [1.29, 1.82) is 0 Å². The van der Waals surface area contributed by atoms with Crippen LogP contribution in [0, 0.1) is 0 Å². The summed E-state index contributed by atoms with van der Waals surface area (Å²) in [6.45, 7) is 0. The van der Waals surface area contributed by atoms with Crippen molar-refractivity contribution in [2.24, 2.45) is 5.10 Å². The van der Waals surface area contributed by atoms with Crippen LogP contribution in [0.5, 0.6) is 5.75 Å². The molecule has 0 spiro atoms. The maximum Gasteiger partial charge on any atom is 0.274 e. The van der Waals surface area contributed by atoms with Gasteiger partial charge in [-0.2, -0.15) is 5.10 Å². The number of methoxy groups -OCH3 is 1. The zero-order valence-electron chi connectivity index (χ0n) is 14.6. The van der Waals surface area contributed by atoms with E-state index in [1.807, 2.05) is 30.3 Å². The SMILES string of the molecule is COc1cccc(C2=NN(C(=O)c3cccc(Cl)c3)C(c3ccco3)C2)c1. The number of ether oxygens (including phenoxy) is 1. The minimum atomic E-state index is -0.312. The molecule has 1 aliphatic heterocycles. The molecule has 1 atom stereocenters. The molecule has 2 heterocycles. The highest BCUT2D eigenvalue weighted by molar-refractivity contribution is 6.31. The van der Waals surface area contributed by atoms with E-state index in [2.05, 4.69) is 5.10 Å². The largest absolute Gasteiger partial charge is 0.497 e. The van der Waals surface area contributed by atoms with Crippen molar-refractivity contribution in [2.45, 2.75) is 12.5 Å². The molecule has 1 unspecified atom stereocenters. The Morgan fingerprint density at radius 2 is 2.04 bits per heavy atom. The lowest BCUT2D eigenvalue weighted by molar-refractivity contribution is 0.0693. The Morgan fingerprint density at radius 3 is 2.78 bits per heavy atom. The van der Waals surface area contributed by atoms with Crippen LogP contribution in [0.2, 0.25) is 5.02 Å². The smallest absolute Gasteiger partial charge is 0.274 e. The average Bonchev–Trinajstić information content (AvgIpc) is 3.37. The van der Waals surface area contributed by atoms with Gasteiger partial charge in [0.25, 0.3) is 5.91 Å². The van der Waals surface area contributed by atoms with Crippen molar-refractivity contribution < 1.29 is 13.9 Å². The van der Waals surface area contributed by atoms with Crippen molar-refractivity contribution in [3.05, 3.63) is 88.8 Å². The van der Waals surface area contributed by atoms with Gasteiger partial charge in [0, 0.05) is 22.6 Å². The molecule has 0 saturated carbocycles. The number of carbonyl (C=O) groups excluding carboxylic acids is 1. The highest BCUT2D eigenvalue weighted by Gasteiger charge is 2.35. The molecule has 27 heavy (non-hydrogen) atoms. The fourth-order valence-electron chi connectivity index (χ4n) is 3.13. The third-order valence-corrected chi connectivity index (χ3v) is 4.70. The second-order valence-electron chi connectivity index (χ2n) is 6.17. The minimum absolute atomic E-state index is 0.225. The summed E-state index contributed by atoms with van der Waals surface area (Å²) in [7, 11) is 1.62. The molecule has 1 amide bonds. The quantitative estimate of drug-likeness (QED) is 0.644. The number of amides is 1. The van der Waals surface area contributed by atoms with E-state index >= 15 is 0 Å². The fourth-order valence-corrected chi connectivity index (χ4v) is 3.32. The standard InChI is InChI=1S/C21H17ClN2O3/c1-26-17-8-3-5-14(12-17)18-13-19(20-9-4-10-27-20)24(23-18)21(25)15-6-2-7-16(22)11-15/h2-12,19H,13H2,1H3. The van der Waals surface area contributed by atoms with E-state index in [-0.39, 0.29) is 11.9 Å². The van der Waals surface area contributed by atoms with Crippen LogP contribution in [0.4, 0.5) is 0 Å². The monoisotopic (exact) mass is 380 g/mol. The summed E-state index contributed by atoms with van der Waals surface area (Å²) in [6, 6.07) is 17.8. The number of hydrogen-bond acceptors (Lipinski definition) is 4. The van der Waals surface area contributed by atoms with Crippen LogP contribution in [-0.4, -0.2) is 23.7 Å². The van der Waals surface area contributed by atoms with Gasteiger partial charge < -0.3 is 9.15 Å². The number of hydrogen-bond donors (Lipinski definition) is 0. The topological polar surface area (TPSA) is 55.0 Å². The molecule has 4 rings (SSSR count). The maximum absolute atomic E-state index is 13.1. The van der Waals surface area contributed by atoms with Crippen LogP contribution in [0.1, 0.15) is 34.1 Å². The molecule has 0 fully saturated rings. The van der Waals surface area contributed by atoms with Crippen molar-refractivity contribution in [1.82, 2.24) is 5.01 Å². The molecule has 1 aliphatic rings. The first-order valence-electron chi connectivity index (χ1n) is 8.50. The van der Waals surface area contributed by atoms with E-state index in [4.69, 9.17) is 20.8 Å². The molecule has 0 N–H and O–H groups in total. The number of rotatable bonds is 4. The summed E-state index contributed by atoms with van der Waals surface area (Å²) in [5.74, 6) is 1.20. The number of hydrazone groups is 1. The van der Waals surface area contributed by atoms with Gasteiger partial charge in [0.2, 0.25) is 0 Å². The molecule has 0 aliphatic carbocycles. The normalized spacial score (nSPS) is 16.3. The van der Waals surface area contributed by atoms with Crippen LogP contribution in [0.15, 0.2) is 76.4 Å². The number of halogens is 1. The van der Waals surface area contributed by atoms with Gasteiger partial charge in [-0.05, 0) is 42.5 Å². The summed E-state index contributed by atoms with van der Waals surface area (Å²) in [5.41, 5.74) is 2.19.